The fourth-order valence-electron chi connectivity index (χ4n) is 7.86. The lowest BCUT2D eigenvalue weighted by atomic mass is 9.44. The number of rotatable bonds is 2. The number of hydrogen-bond donors (Lipinski definition) is 1. The Labute approximate surface area is 167 Å². The highest BCUT2D eigenvalue weighted by molar-refractivity contribution is 5.73. The summed E-state index contributed by atoms with van der Waals surface area (Å²) in [6.07, 6.45) is 0.607. The molecule has 2 nitrogen and oxygen atoms in total. The highest BCUT2D eigenvalue weighted by Gasteiger charge is 2.79. The molecule has 0 aliphatic heterocycles. The molecule has 0 unspecified atom stereocenters. The van der Waals surface area contributed by atoms with Crippen molar-refractivity contribution in [2.75, 3.05) is 0 Å². The van der Waals surface area contributed by atoms with E-state index in [2.05, 4.69) is 6.92 Å². The van der Waals surface area contributed by atoms with E-state index in [0.717, 1.165) is 31.1 Å². The number of halogens is 5. The number of aldehydes is 1. The zero-order valence-electron chi connectivity index (χ0n) is 16.9. The molecule has 4 rings (SSSR count). The van der Waals surface area contributed by atoms with E-state index in [1.165, 1.54) is 6.92 Å². The second-order valence-corrected chi connectivity index (χ2v) is 10.4. The van der Waals surface area contributed by atoms with E-state index in [-0.39, 0.29) is 36.0 Å². The van der Waals surface area contributed by atoms with Crippen LogP contribution >= 0.6 is 0 Å². The van der Waals surface area contributed by atoms with Gasteiger partial charge in [0.05, 0.1) is 0 Å². The molecule has 29 heavy (non-hydrogen) atoms. The van der Waals surface area contributed by atoms with Crippen molar-refractivity contribution < 1.29 is 31.9 Å². The van der Waals surface area contributed by atoms with Crippen LogP contribution in [0.1, 0.15) is 65.2 Å². The topological polar surface area (TPSA) is 37.3 Å². The summed E-state index contributed by atoms with van der Waals surface area (Å²) >= 11 is 0. The first-order valence-corrected chi connectivity index (χ1v) is 10.6. The Balaban J connectivity index is 1.68. The van der Waals surface area contributed by atoms with Gasteiger partial charge >= 0.3 is 12.1 Å². The predicted octanol–water partition coefficient (Wildman–Crippen LogP) is 5.69. The maximum Gasteiger partial charge on any atom is 0.456 e. The molecule has 7 heteroatoms. The zero-order chi connectivity index (χ0) is 21.5. The average Bonchev–Trinajstić information content (AvgIpc) is 2.92. The van der Waals surface area contributed by atoms with E-state index in [1.807, 2.05) is 6.08 Å². The molecule has 0 amide bonds. The van der Waals surface area contributed by atoms with Gasteiger partial charge in [-0.05, 0) is 86.0 Å². The molecule has 0 aromatic rings. The van der Waals surface area contributed by atoms with Crippen LogP contribution in [0.5, 0.6) is 0 Å². The highest BCUT2D eigenvalue weighted by atomic mass is 19.4. The lowest BCUT2D eigenvalue weighted by molar-refractivity contribution is -0.364. The molecule has 0 spiro atoms. The van der Waals surface area contributed by atoms with Crippen molar-refractivity contribution in [3.8, 4) is 0 Å². The molecule has 0 heterocycles. The van der Waals surface area contributed by atoms with Crippen molar-refractivity contribution in [1.82, 2.24) is 0 Å². The molecule has 0 aromatic heterocycles. The number of fused-ring (bicyclic) bond motifs is 5. The van der Waals surface area contributed by atoms with Crippen LogP contribution in [0.4, 0.5) is 22.0 Å². The maximum atomic E-state index is 14.5. The number of aliphatic hydroxyl groups is 1. The van der Waals surface area contributed by atoms with Crippen molar-refractivity contribution >= 4 is 6.29 Å². The molecule has 0 radical (unpaired) electrons. The predicted molar refractivity (Wildman–Crippen MR) is 97.2 cm³/mol. The quantitative estimate of drug-likeness (QED) is 0.460. The van der Waals surface area contributed by atoms with E-state index >= 15 is 0 Å². The molecular formula is C22H29F5O2. The molecule has 0 aromatic carbocycles. The molecule has 0 bridgehead atoms. The summed E-state index contributed by atoms with van der Waals surface area (Å²) in [6, 6.07) is 0. The van der Waals surface area contributed by atoms with Gasteiger partial charge in [-0.3, -0.25) is 4.79 Å². The molecule has 7 atom stereocenters. The van der Waals surface area contributed by atoms with E-state index in [0.29, 0.717) is 18.8 Å². The van der Waals surface area contributed by atoms with Crippen LogP contribution in [-0.2, 0) is 4.79 Å². The second-order valence-electron chi connectivity index (χ2n) is 10.4. The molecule has 3 saturated carbocycles. The average molecular weight is 420 g/mol. The van der Waals surface area contributed by atoms with Gasteiger partial charge in [0, 0.05) is 5.41 Å². The number of alkyl halides is 5. The minimum absolute atomic E-state index is 0.0130. The van der Waals surface area contributed by atoms with Gasteiger partial charge in [-0.1, -0.05) is 19.9 Å². The fraction of sp³-hybridized carbons (Fsp3) is 0.864. The van der Waals surface area contributed by atoms with Crippen LogP contribution in [0.2, 0.25) is 0 Å². The Morgan fingerprint density at radius 3 is 2.31 bits per heavy atom. The first-order valence-electron chi connectivity index (χ1n) is 10.6. The smallest absolute Gasteiger partial charge is 0.383 e. The van der Waals surface area contributed by atoms with Crippen LogP contribution in [0.3, 0.4) is 0 Å². The third kappa shape index (κ3) is 2.58. The molecular weight excluding hydrogens is 391 g/mol. The summed E-state index contributed by atoms with van der Waals surface area (Å²) in [6.45, 7) is 3.62. The lowest BCUT2D eigenvalue weighted by Crippen LogP contribution is -2.65. The van der Waals surface area contributed by atoms with Crippen LogP contribution in [0.15, 0.2) is 11.6 Å². The summed E-state index contributed by atoms with van der Waals surface area (Å²) in [7, 11) is 0. The Kier molecular flexibility index (Phi) is 4.60. The highest BCUT2D eigenvalue weighted by Crippen LogP contribution is 2.71. The van der Waals surface area contributed by atoms with Crippen LogP contribution in [0.25, 0.3) is 0 Å². The molecule has 0 saturated heterocycles. The number of allylic oxidation sites excluding steroid dienone is 2. The lowest BCUT2D eigenvalue weighted by Gasteiger charge is -2.61. The van der Waals surface area contributed by atoms with Gasteiger partial charge in [0.2, 0.25) is 0 Å². The van der Waals surface area contributed by atoms with Crippen LogP contribution in [0, 0.1) is 34.5 Å². The summed E-state index contributed by atoms with van der Waals surface area (Å²) in [4.78, 5) is 11.4. The monoisotopic (exact) mass is 420 g/mol. The summed E-state index contributed by atoms with van der Waals surface area (Å²) in [5.74, 6) is -4.88. The van der Waals surface area contributed by atoms with Gasteiger partial charge in [0.25, 0.3) is 0 Å². The Bertz CT molecular complexity index is 731. The first kappa shape index (κ1) is 21.3. The summed E-state index contributed by atoms with van der Waals surface area (Å²) in [5, 5.41) is 10.9. The molecule has 4 aliphatic carbocycles. The molecule has 3 fully saturated rings. The number of carbonyl (C=O) groups is 1. The minimum Gasteiger partial charge on any atom is -0.383 e. The standard InChI is InChI=1S/C22H29F5O2/c1-18-11-13(12-28)3-4-14(18)5-6-15-16(18)7-9-19(2)17(15)8-10-20(19,29)21(23,24)22(25,26)27/h3,12,14-17,29H,4-11H2,1-2H3/t14-,15-,16+,17+,18+,19+,20+/m1/s1. The third-order valence-corrected chi connectivity index (χ3v) is 9.49. The maximum absolute atomic E-state index is 14.5. The van der Waals surface area contributed by atoms with Crippen molar-refractivity contribution in [2.24, 2.45) is 34.5 Å². The number of hydrogen-bond acceptors (Lipinski definition) is 2. The molecule has 164 valence electrons. The zero-order valence-corrected chi connectivity index (χ0v) is 16.9. The molecule has 1 N–H and O–H groups in total. The van der Waals surface area contributed by atoms with Gasteiger partial charge in [0.1, 0.15) is 11.9 Å². The van der Waals surface area contributed by atoms with Gasteiger partial charge in [-0.2, -0.15) is 22.0 Å². The van der Waals surface area contributed by atoms with E-state index in [9.17, 15) is 31.9 Å². The van der Waals surface area contributed by atoms with E-state index in [1.54, 1.807) is 0 Å². The second kappa shape index (κ2) is 6.27. The van der Waals surface area contributed by atoms with Crippen LogP contribution < -0.4 is 0 Å². The largest absolute Gasteiger partial charge is 0.456 e. The fourth-order valence-corrected chi connectivity index (χ4v) is 7.86. The normalized spacial score (nSPS) is 47.7. The SMILES string of the molecule is C[C@]12CC(C=O)=CC[C@@H]1CC[C@@H]1[C@@H]2CC[C@@]2(C)[C@H]1CC[C@@]2(O)C(F)(F)C(F)(F)F. The van der Waals surface area contributed by atoms with E-state index in [4.69, 9.17) is 0 Å². The minimum atomic E-state index is -5.77. The summed E-state index contributed by atoms with van der Waals surface area (Å²) < 4.78 is 68.6. The third-order valence-electron chi connectivity index (χ3n) is 9.49. The van der Waals surface area contributed by atoms with Gasteiger partial charge in [-0.15, -0.1) is 0 Å². The van der Waals surface area contributed by atoms with Gasteiger partial charge in [0.15, 0.2) is 0 Å². The van der Waals surface area contributed by atoms with Crippen molar-refractivity contribution in [3.05, 3.63) is 11.6 Å². The molecule has 4 aliphatic rings. The Hall–Kier alpha value is -0.980. The van der Waals surface area contributed by atoms with Crippen molar-refractivity contribution in [1.29, 1.82) is 0 Å². The number of carbonyl (C=O) groups excluding carboxylic acids is 1. The van der Waals surface area contributed by atoms with E-state index < -0.39 is 29.5 Å². The van der Waals surface area contributed by atoms with Crippen molar-refractivity contribution in [3.63, 3.8) is 0 Å². The van der Waals surface area contributed by atoms with Crippen LogP contribution in [-0.4, -0.2) is 29.1 Å². The Morgan fingerprint density at radius 2 is 1.69 bits per heavy atom. The first-order chi connectivity index (χ1) is 13.3. The van der Waals surface area contributed by atoms with Gasteiger partial charge < -0.3 is 5.11 Å². The Morgan fingerprint density at radius 1 is 1.03 bits per heavy atom. The summed E-state index contributed by atoms with van der Waals surface area (Å²) in [5.41, 5.74) is -3.90. The van der Waals surface area contributed by atoms with Crippen molar-refractivity contribution in [2.45, 2.75) is 82.9 Å². The van der Waals surface area contributed by atoms with Gasteiger partial charge in [-0.25, -0.2) is 0 Å².